The zero-order valence-corrected chi connectivity index (χ0v) is 8.07. The van der Waals surface area contributed by atoms with Crippen LogP contribution in [0.15, 0.2) is 30.3 Å². The number of hydrogen-bond acceptors (Lipinski definition) is 2. The van der Waals surface area contributed by atoms with Gasteiger partial charge in [0.1, 0.15) is 6.61 Å². The highest BCUT2D eigenvalue weighted by atomic mass is 35.5. The van der Waals surface area contributed by atoms with Gasteiger partial charge in [-0.1, -0.05) is 29.8 Å². The molecule has 3 nitrogen and oxygen atoms in total. The summed E-state index contributed by atoms with van der Waals surface area (Å²) >= 11 is 5.75. The van der Waals surface area contributed by atoms with E-state index in [4.69, 9.17) is 16.7 Å². The molecule has 0 saturated heterocycles. The summed E-state index contributed by atoms with van der Waals surface area (Å²) in [5.74, 6) is 0. The molecule has 0 amide bonds. The number of rotatable bonds is 3. The van der Waals surface area contributed by atoms with Crippen molar-refractivity contribution >= 4 is 23.8 Å². The van der Waals surface area contributed by atoms with Crippen molar-refractivity contribution in [3.05, 3.63) is 40.9 Å². The molecule has 1 rings (SSSR count). The van der Waals surface area contributed by atoms with Crippen LogP contribution in [0.1, 0.15) is 5.56 Å². The van der Waals surface area contributed by atoms with E-state index in [0.29, 0.717) is 5.02 Å². The topological polar surface area (TPSA) is 46.5 Å². The highest BCUT2D eigenvalue weighted by molar-refractivity contribution is 6.30. The Kier molecular flexibility index (Phi) is 4.01. The van der Waals surface area contributed by atoms with Crippen molar-refractivity contribution in [2.45, 2.75) is 0 Å². The molecule has 14 heavy (non-hydrogen) atoms. The number of ether oxygens (including phenoxy) is 1. The smallest absolute Gasteiger partial charge is 0.450 e. The van der Waals surface area contributed by atoms with Gasteiger partial charge >= 0.3 is 6.16 Å². The predicted octanol–water partition coefficient (Wildman–Crippen LogP) is 3.05. The van der Waals surface area contributed by atoms with Gasteiger partial charge in [-0.05, 0) is 23.8 Å². The van der Waals surface area contributed by atoms with E-state index >= 15 is 0 Å². The lowest BCUT2D eigenvalue weighted by atomic mass is 10.2. The van der Waals surface area contributed by atoms with Gasteiger partial charge in [-0.2, -0.15) is 0 Å². The first-order valence-corrected chi connectivity index (χ1v) is 4.34. The Hall–Kier alpha value is -1.48. The Morgan fingerprint density at radius 3 is 3.00 bits per heavy atom. The molecule has 0 unspecified atom stereocenters. The molecule has 0 heterocycles. The summed E-state index contributed by atoms with van der Waals surface area (Å²) in [7, 11) is 0. The van der Waals surface area contributed by atoms with E-state index in [0.717, 1.165) is 5.56 Å². The number of hydrogen-bond donors (Lipinski definition) is 1. The third kappa shape index (κ3) is 3.96. The van der Waals surface area contributed by atoms with Gasteiger partial charge in [0.15, 0.2) is 0 Å². The van der Waals surface area contributed by atoms with Crippen LogP contribution in [0.2, 0.25) is 5.02 Å². The van der Waals surface area contributed by atoms with E-state index < -0.39 is 6.16 Å². The van der Waals surface area contributed by atoms with Crippen LogP contribution in [0, 0.1) is 0 Å². The molecule has 0 atom stereocenters. The molecule has 74 valence electrons. The first-order chi connectivity index (χ1) is 6.68. The van der Waals surface area contributed by atoms with Crippen LogP contribution < -0.4 is 0 Å². The van der Waals surface area contributed by atoms with Crippen LogP contribution in [0.25, 0.3) is 6.08 Å². The fourth-order valence-electron chi connectivity index (χ4n) is 0.914. The van der Waals surface area contributed by atoms with E-state index in [9.17, 15) is 4.79 Å². The van der Waals surface area contributed by atoms with Gasteiger partial charge in [0.05, 0.1) is 0 Å². The van der Waals surface area contributed by atoms with Crippen LogP contribution in [0.4, 0.5) is 4.79 Å². The lowest BCUT2D eigenvalue weighted by Crippen LogP contribution is -1.98. The molecule has 0 bridgehead atoms. The largest absolute Gasteiger partial charge is 0.506 e. The molecule has 0 radical (unpaired) electrons. The number of carbonyl (C=O) groups is 1. The molecule has 1 aromatic carbocycles. The van der Waals surface area contributed by atoms with Gasteiger partial charge in [-0.15, -0.1) is 0 Å². The fraction of sp³-hybridized carbons (Fsp3) is 0.100. The molecule has 0 aliphatic heterocycles. The van der Waals surface area contributed by atoms with Crippen molar-refractivity contribution in [2.24, 2.45) is 0 Å². The van der Waals surface area contributed by atoms with Gasteiger partial charge in [0.2, 0.25) is 0 Å². The van der Waals surface area contributed by atoms with Crippen molar-refractivity contribution in [2.75, 3.05) is 6.61 Å². The van der Waals surface area contributed by atoms with Crippen LogP contribution in [-0.2, 0) is 4.74 Å². The van der Waals surface area contributed by atoms with Crippen LogP contribution in [0.5, 0.6) is 0 Å². The Bertz CT molecular complexity index is 347. The molecule has 0 fully saturated rings. The van der Waals surface area contributed by atoms with Gasteiger partial charge in [-0.3, -0.25) is 0 Å². The van der Waals surface area contributed by atoms with Crippen molar-refractivity contribution in [1.82, 2.24) is 0 Å². The molecular weight excluding hydrogens is 204 g/mol. The molecular formula is C10H9ClO3. The number of benzene rings is 1. The zero-order chi connectivity index (χ0) is 10.4. The predicted molar refractivity (Wildman–Crippen MR) is 54.5 cm³/mol. The zero-order valence-electron chi connectivity index (χ0n) is 7.31. The van der Waals surface area contributed by atoms with Crippen LogP contribution >= 0.6 is 11.6 Å². The highest BCUT2D eigenvalue weighted by Gasteiger charge is 1.91. The number of halogens is 1. The monoisotopic (exact) mass is 212 g/mol. The third-order valence-electron chi connectivity index (χ3n) is 1.46. The maximum Gasteiger partial charge on any atom is 0.506 e. The van der Waals surface area contributed by atoms with Crippen LogP contribution in [0.3, 0.4) is 0 Å². The fourth-order valence-corrected chi connectivity index (χ4v) is 1.11. The third-order valence-corrected chi connectivity index (χ3v) is 1.70. The molecule has 0 saturated carbocycles. The van der Waals surface area contributed by atoms with Gasteiger partial charge < -0.3 is 9.84 Å². The van der Waals surface area contributed by atoms with E-state index in [-0.39, 0.29) is 6.61 Å². The summed E-state index contributed by atoms with van der Waals surface area (Å²) in [5.41, 5.74) is 0.909. The molecule has 0 spiro atoms. The normalized spacial score (nSPS) is 10.4. The van der Waals surface area contributed by atoms with E-state index in [2.05, 4.69) is 4.74 Å². The second kappa shape index (κ2) is 5.29. The van der Waals surface area contributed by atoms with E-state index in [1.807, 2.05) is 12.1 Å². The lowest BCUT2D eigenvalue weighted by Gasteiger charge is -1.95. The summed E-state index contributed by atoms with van der Waals surface area (Å²) in [4.78, 5) is 9.99. The number of carboxylic acid groups (broad SMARTS) is 1. The summed E-state index contributed by atoms with van der Waals surface area (Å²) < 4.78 is 4.29. The average molecular weight is 213 g/mol. The average Bonchev–Trinajstić information content (AvgIpc) is 2.12. The quantitative estimate of drug-likeness (QED) is 0.784. The minimum Gasteiger partial charge on any atom is -0.450 e. The molecule has 4 heteroatoms. The first kappa shape index (κ1) is 10.6. The Morgan fingerprint density at radius 1 is 1.57 bits per heavy atom. The highest BCUT2D eigenvalue weighted by Crippen LogP contribution is 2.11. The standard InChI is InChI=1S/C10H9ClO3/c11-9-5-1-3-8(7-9)4-2-6-14-10(12)13/h1-5,7H,6H2,(H,12,13). The van der Waals surface area contributed by atoms with Gasteiger partial charge in [0.25, 0.3) is 0 Å². The Labute approximate surface area is 86.6 Å². The maximum atomic E-state index is 9.99. The summed E-state index contributed by atoms with van der Waals surface area (Å²) in [5, 5.41) is 8.82. The van der Waals surface area contributed by atoms with Gasteiger partial charge in [-0.25, -0.2) is 4.79 Å². The minimum atomic E-state index is -1.28. The first-order valence-electron chi connectivity index (χ1n) is 3.96. The second-order valence-corrected chi connectivity index (χ2v) is 2.97. The molecule has 0 aliphatic carbocycles. The summed E-state index contributed by atoms with van der Waals surface area (Å²) in [6.45, 7) is 0.0435. The van der Waals surface area contributed by atoms with Crippen molar-refractivity contribution in [1.29, 1.82) is 0 Å². The second-order valence-electron chi connectivity index (χ2n) is 2.53. The van der Waals surface area contributed by atoms with E-state index in [1.165, 1.54) is 0 Å². The van der Waals surface area contributed by atoms with Gasteiger partial charge in [0, 0.05) is 5.02 Å². The summed E-state index contributed by atoms with van der Waals surface area (Å²) in [6, 6.07) is 7.23. The van der Waals surface area contributed by atoms with Crippen molar-refractivity contribution < 1.29 is 14.6 Å². The van der Waals surface area contributed by atoms with Crippen molar-refractivity contribution in [3.63, 3.8) is 0 Å². The maximum absolute atomic E-state index is 9.99. The lowest BCUT2D eigenvalue weighted by molar-refractivity contribution is 0.102. The molecule has 0 aromatic heterocycles. The Morgan fingerprint density at radius 2 is 2.36 bits per heavy atom. The van der Waals surface area contributed by atoms with Crippen LogP contribution in [-0.4, -0.2) is 17.9 Å². The summed E-state index contributed by atoms with van der Waals surface area (Å²) in [6.07, 6.45) is 2.08. The molecule has 1 aromatic rings. The Balaban J connectivity index is 2.47. The van der Waals surface area contributed by atoms with Crippen molar-refractivity contribution in [3.8, 4) is 0 Å². The molecule has 1 N–H and O–H groups in total. The SMILES string of the molecule is O=C(O)OCC=Cc1cccc(Cl)c1. The molecule has 0 aliphatic rings. The van der Waals surface area contributed by atoms with E-state index in [1.54, 1.807) is 24.3 Å². The minimum absolute atomic E-state index is 0.0435.